The molecule has 0 aliphatic rings. The third kappa shape index (κ3) is 3.72. The van der Waals surface area contributed by atoms with E-state index in [2.05, 4.69) is 0 Å². The van der Waals surface area contributed by atoms with Crippen LogP contribution in [-0.2, 0) is 0 Å². The summed E-state index contributed by atoms with van der Waals surface area (Å²) in [5, 5.41) is 33.6. The number of rotatable bonds is 3. The molecule has 0 radical (unpaired) electrons. The van der Waals surface area contributed by atoms with Crippen molar-refractivity contribution in [2.24, 2.45) is 11.8 Å². The maximum Gasteiger partial charge on any atom is 0.208 e. The summed E-state index contributed by atoms with van der Waals surface area (Å²) in [5.74, 6) is 5.27. The first-order valence-corrected chi connectivity index (χ1v) is 3.59. The van der Waals surface area contributed by atoms with Gasteiger partial charge in [-0.2, -0.15) is 21.0 Å². The highest BCUT2D eigenvalue weighted by Gasteiger charge is 2.11. The van der Waals surface area contributed by atoms with Crippen molar-refractivity contribution in [2.45, 2.75) is 0 Å². The van der Waals surface area contributed by atoms with Gasteiger partial charge in [0, 0.05) is 0 Å². The molecule has 0 saturated carbocycles. The van der Waals surface area contributed by atoms with Gasteiger partial charge < -0.3 is 5.84 Å². The Morgan fingerprint density at radius 1 is 1.07 bits per heavy atom. The van der Waals surface area contributed by atoms with Crippen LogP contribution in [0.15, 0.2) is 0 Å². The molecular formula is C8H6N6. The van der Waals surface area contributed by atoms with Gasteiger partial charge in [-0.15, -0.1) is 0 Å². The molecule has 0 bridgehead atoms. The van der Waals surface area contributed by atoms with Crippen LogP contribution >= 0.6 is 0 Å². The molecule has 1 N–H and O–H groups in total. The van der Waals surface area contributed by atoms with Crippen LogP contribution in [0.3, 0.4) is 0 Å². The van der Waals surface area contributed by atoms with Crippen molar-refractivity contribution in [1.29, 1.82) is 21.0 Å². The van der Waals surface area contributed by atoms with Crippen molar-refractivity contribution < 1.29 is 4.68 Å². The quantitative estimate of drug-likeness (QED) is 0.358. The lowest BCUT2D eigenvalue weighted by Crippen LogP contribution is -2.16. The average Bonchev–Trinajstić information content (AvgIpc) is 2.22. The molecule has 6 nitrogen and oxygen atoms in total. The molecule has 0 aromatic heterocycles. The summed E-state index contributed by atoms with van der Waals surface area (Å²) in [4.78, 5) is 0. The van der Waals surface area contributed by atoms with Gasteiger partial charge in [-0.3, -0.25) is 4.68 Å². The highest BCUT2D eigenvalue weighted by atomic mass is 15.3. The van der Waals surface area contributed by atoms with Gasteiger partial charge in [-0.1, -0.05) is 0 Å². The Bertz CT molecular complexity index is 354. The predicted molar refractivity (Wildman–Crippen MR) is 44.9 cm³/mol. The summed E-state index contributed by atoms with van der Waals surface area (Å²) in [5.41, 5.74) is 0. The monoisotopic (exact) mass is 186 g/mol. The summed E-state index contributed by atoms with van der Waals surface area (Å²) in [7, 11) is 0. The first-order valence-electron chi connectivity index (χ1n) is 3.59. The topological polar surface area (TPSA) is 122 Å². The molecule has 0 amide bonds. The van der Waals surface area contributed by atoms with Crippen LogP contribution in [0.25, 0.3) is 5.84 Å². The van der Waals surface area contributed by atoms with E-state index in [1.165, 1.54) is 0 Å². The third-order valence-electron chi connectivity index (χ3n) is 1.30. The predicted octanol–water partition coefficient (Wildman–Crippen LogP) is 0.364. The summed E-state index contributed by atoms with van der Waals surface area (Å²) in [6.07, 6.45) is 1.06. The zero-order chi connectivity index (χ0) is 11.0. The van der Waals surface area contributed by atoms with Crippen molar-refractivity contribution in [3.05, 3.63) is 5.84 Å². The highest BCUT2D eigenvalue weighted by Crippen LogP contribution is 1.94. The van der Waals surface area contributed by atoms with E-state index in [1.807, 2.05) is 0 Å². The number of nitrogens with one attached hydrogen (secondary N) is 1. The zero-order valence-corrected chi connectivity index (χ0v) is 7.18. The van der Waals surface area contributed by atoms with E-state index in [0.29, 0.717) is 0 Å². The Labute approximate surface area is 81.3 Å². The molecule has 0 fully saturated rings. The van der Waals surface area contributed by atoms with E-state index in [9.17, 15) is 0 Å². The van der Waals surface area contributed by atoms with Gasteiger partial charge in [0.05, 0.1) is 24.3 Å². The van der Waals surface area contributed by atoms with E-state index in [-0.39, 0.29) is 6.54 Å². The number of nitrogens with zero attached hydrogens (tertiary/aromatic N) is 5. The Hall–Kier alpha value is -2.57. The van der Waals surface area contributed by atoms with Crippen LogP contribution in [0, 0.1) is 57.2 Å². The van der Waals surface area contributed by atoms with Gasteiger partial charge in [-0.05, 0) is 0 Å². The van der Waals surface area contributed by atoms with Gasteiger partial charge in [-0.25, -0.2) is 0 Å². The van der Waals surface area contributed by atoms with E-state index in [1.54, 1.807) is 24.3 Å². The lowest BCUT2D eigenvalue weighted by Gasteiger charge is -2.03. The lowest BCUT2D eigenvalue weighted by molar-refractivity contribution is -0.458. The number of hydrogen-bond acceptors (Lipinski definition) is 4. The molecule has 6 heteroatoms. The van der Waals surface area contributed by atoms with Crippen LogP contribution < -0.4 is 0 Å². The minimum atomic E-state index is -1.02. The Kier molecular flexibility index (Phi) is 4.90. The normalized spacial score (nSPS) is 10.0. The molecule has 0 atom stereocenters. The first-order chi connectivity index (χ1) is 6.67. The third-order valence-corrected chi connectivity index (χ3v) is 1.30. The second-order valence-electron chi connectivity index (χ2n) is 2.35. The molecule has 0 unspecified atom stereocenters. The van der Waals surface area contributed by atoms with E-state index >= 15 is 0 Å². The minimum absolute atomic E-state index is 0.132. The molecule has 0 saturated heterocycles. The summed E-state index contributed by atoms with van der Waals surface area (Å²) < 4.78 is 0.758. The molecule has 68 valence electrons. The fraction of sp³-hybridized carbons (Fsp3) is 0.375. The van der Waals surface area contributed by atoms with Crippen LogP contribution in [0.5, 0.6) is 0 Å². The summed E-state index contributed by atoms with van der Waals surface area (Å²) in [6.45, 7) is -0.132. The Morgan fingerprint density at radius 3 is 1.93 bits per heavy atom. The van der Waals surface area contributed by atoms with Gasteiger partial charge in [0.2, 0.25) is 5.92 Å². The van der Waals surface area contributed by atoms with Crippen molar-refractivity contribution in [3.63, 3.8) is 0 Å². The molecule has 0 spiro atoms. The molecule has 0 aliphatic heterocycles. The van der Waals surface area contributed by atoms with Crippen molar-refractivity contribution >= 4 is 6.21 Å². The molecule has 0 aromatic rings. The maximum absolute atomic E-state index is 8.40. The van der Waals surface area contributed by atoms with Crippen LogP contribution in [0.1, 0.15) is 0 Å². The van der Waals surface area contributed by atoms with Crippen LogP contribution in [0.2, 0.25) is 0 Å². The summed E-state index contributed by atoms with van der Waals surface area (Å²) >= 11 is 0. The van der Waals surface area contributed by atoms with Crippen LogP contribution in [0.4, 0.5) is 0 Å². The Morgan fingerprint density at radius 2 is 1.57 bits per heavy atom. The van der Waals surface area contributed by atoms with Gasteiger partial charge in [0.1, 0.15) is 0 Å². The first kappa shape index (κ1) is 11.4. The van der Waals surface area contributed by atoms with Gasteiger partial charge in [0.15, 0.2) is 18.7 Å². The van der Waals surface area contributed by atoms with E-state index in [0.717, 1.165) is 10.9 Å². The summed E-state index contributed by atoms with van der Waals surface area (Å²) in [6, 6.07) is 6.66. The van der Waals surface area contributed by atoms with Crippen molar-refractivity contribution in [3.8, 4) is 24.3 Å². The Balaban J connectivity index is 4.46. The molecule has 0 aromatic carbocycles. The van der Waals surface area contributed by atoms with Gasteiger partial charge >= 0.3 is 0 Å². The zero-order valence-electron chi connectivity index (χ0n) is 7.18. The number of hydrogen-bond donors (Lipinski definition) is 0. The molecular weight excluding hydrogens is 180 g/mol. The largest absolute Gasteiger partial charge is 0.455 e. The van der Waals surface area contributed by atoms with E-state index in [4.69, 9.17) is 26.9 Å². The van der Waals surface area contributed by atoms with Crippen molar-refractivity contribution in [2.75, 3.05) is 6.54 Å². The SMILES string of the molecule is N#CC(C#N)C=[N+]([NH-])CC(C#N)C#N. The molecule has 14 heavy (non-hydrogen) atoms. The highest BCUT2D eigenvalue weighted by molar-refractivity contribution is 5.63. The average molecular weight is 186 g/mol. The minimum Gasteiger partial charge on any atom is -0.455 e. The second kappa shape index (κ2) is 6.00. The fourth-order valence-electron chi connectivity index (χ4n) is 0.644. The number of nitriles is 4. The van der Waals surface area contributed by atoms with Crippen LogP contribution in [-0.4, -0.2) is 17.4 Å². The maximum atomic E-state index is 8.40. The standard InChI is InChI=1S/C8H6N6/c9-1-7(2-10)5-14(13)6-8(3-11)4-12/h5,7-8,13H,6H2. The molecule has 0 heterocycles. The molecule has 0 aliphatic carbocycles. The van der Waals surface area contributed by atoms with Crippen molar-refractivity contribution in [1.82, 2.24) is 0 Å². The smallest absolute Gasteiger partial charge is 0.208 e. The fourth-order valence-corrected chi connectivity index (χ4v) is 0.644. The molecule has 0 rings (SSSR count). The van der Waals surface area contributed by atoms with Gasteiger partial charge in [0.25, 0.3) is 0 Å². The van der Waals surface area contributed by atoms with E-state index < -0.39 is 11.8 Å². The lowest BCUT2D eigenvalue weighted by atomic mass is 10.2. The second-order valence-corrected chi connectivity index (χ2v) is 2.35.